The van der Waals surface area contributed by atoms with Crippen LogP contribution in [0.3, 0.4) is 0 Å². The fourth-order valence-electron chi connectivity index (χ4n) is 0.846. The zero-order chi connectivity index (χ0) is 11.1. The van der Waals surface area contributed by atoms with E-state index < -0.39 is 5.91 Å². The molecule has 2 aromatic rings. The van der Waals surface area contributed by atoms with Gasteiger partial charge in [0.15, 0.2) is 0 Å². The summed E-state index contributed by atoms with van der Waals surface area (Å²) < 4.78 is 0. The van der Waals surface area contributed by atoms with Crippen molar-refractivity contribution < 1.29 is 4.79 Å². The molecule has 0 aliphatic carbocycles. The average molecular weight is 204 g/mol. The molecule has 0 fully saturated rings. The van der Waals surface area contributed by atoms with Gasteiger partial charge in [-0.3, -0.25) is 4.79 Å². The van der Waals surface area contributed by atoms with Crippen molar-refractivity contribution in [3.63, 3.8) is 0 Å². The molecular weight excluding hydrogens is 192 g/mol. The van der Waals surface area contributed by atoms with Crippen molar-refractivity contribution in [1.29, 1.82) is 0 Å². The number of amides is 1. The normalized spacial score (nSPS) is 8.87. The second-order valence-electron chi connectivity index (χ2n) is 2.79. The monoisotopic (exact) mass is 204 g/mol. The van der Waals surface area contributed by atoms with Crippen molar-refractivity contribution in [1.82, 2.24) is 15.0 Å². The number of nitrogens with one attached hydrogen (secondary N) is 1. The van der Waals surface area contributed by atoms with Crippen LogP contribution in [-0.4, -0.2) is 20.9 Å². The summed E-state index contributed by atoms with van der Waals surface area (Å²) in [5.41, 5.74) is 6.07. The minimum Gasteiger partial charge on any atom is -0.365 e. The maximum Gasteiger partial charge on any atom is 0.286 e. The van der Waals surface area contributed by atoms with E-state index in [4.69, 9.17) is 5.73 Å². The molecule has 0 aliphatic rings. The molecule has 2 rings (SSSR count). The number of primary amides is 1. The van der Waals surface area contributed by atoms with Crippen molar-refractivity contribution in [3.8, 4) is 0 Å². The van der Waals surface area contributed by atoms with Gasteiger partial charge in [0.1, 0.15) is 0 Å². The molecular formula is C10H12N4O. The van der Waals surface area contributed by atoms with E-state index in [1.165, 1.54) is 18.1 Å². The Morgan fingerprint density at radius 3 is 2.27 bits per heavy atom. The van der Waals surface area contributed by atoms with Crippen LogP contribution in [0.1, 0.15) is 16.3 Å². The number of aromatic amines is 1. The van der Waals surface area contributed by atoms with E-state index in [-0.39, 0.29) is 5.82 Å². The van der Waals surface area contributed by atoms with E-state index in [0.29, 0.717) is 0 Å². The third-order valence-corrected chi connectivity index (χ3v) is 1.54. The Hall–Kier alpha value is -2.17. The molecule has 0 aromatic carbocycles. The SMILES string of the molecule is Cc1ccc[nH]1.NC(=O)c1ncccn1. The van der Waals surface area contributed by atoms with E-state index in [2.05, 4.69) is 15.0 Å². The highest BCUT2D eigenvalue weighted by Gasteiger charge is 1.98. The van der Waals surface area contributed by atoms with Crippen LogP contribution in [-0.2, 0) is 0 Å². The molecule has 1 amide bonds. The number of rotatable bonds is 1. The molecule has 0 saturated carbocycles. The zero-order valence-corrected chi connectivity index (χ0v) is 8.34. The second kappa shape index (κ2) is 5.54. The van der Waals surface area contributed by atoms with Crippen LogP contribution < -0.4 is 5.73 Å². The number of nitrogens with two attached hydrogens (primary N) is 1. The second-order valence-corrected chi connectivity index (χ2v) is 2.79. The standard InChI is InChI=1S/C5H5N3O.C5H7N/c6-4(9)5-7-2-1-3-8-5;1-5-3-2-4-6-5/h1-3H,(H2,6,9);2-4,6H,1H3. The molecule has 78 valence electrons. The van der Waals surface area contributed by atoms with Gasteiger partial charge in [0.2, 0.25) is 5.82 Å². The molecule has 0 saturated heterocycles. The van der Waals surface area contributed by atoms with E-state index >= 15 is 0 Å². The summed E-state index contributed by atoms with van der Waals surface area (Å²) in [5.74, 6) is -0.548. The van der Waals surface area contributed by atoms with Crippen molar-refractivity contribution in [2.75, 3.05) is 0 Å². The van der Waals surface area contributed by atoms with Crippen LogP contribution in [0.25, 0.3) is 0 Å². The van der Waals surface area contributed by atoms with Crippen LogP contribution in [0.15, 0.2) is 36.8 Å². The lowest BCUT2D eigenvalue weighted by atomic mass is 10.5. The molecule has 5 heteroatoms. The molecule has 0 aliphatic heterocycles. The van der Waals surface area contributed by atoms with Crippen LogP contribution in [0.4, 0.5) is 0 Å². The summed E-state index contributed by atoms with van der Waals surface area (Å²) in [4.78, 5) is 20.5. The number of nitrogens with zero attached hydrogens (tertiary/aromatic N) is 2. The summed E-state index contributed by atoms with van der Waals surface area (Å²) >= 11 is 0. The van der Waals surface area contributed by atoms with Crippen molar-refractivity contribution in [3.05, 3.63) is 48.3 Å². The van der Waals surface area contributed by atoms with E-state index in [1.54, 1.807) is 6.07 Å². The predicted molar refractivity (Wildman–Crippen MR) is 56.1 cm³/mol. The molecule has 0 bridgehead atoms. The Kier molecular flexibility index (Phi) is 4.03. The fourth-order valence-corrected chi connectivity index (χ4v) is 0.846. The third-order valence-electron chi connectivity index (χ3n) is 1.54. The molecule has 0 radical (unpaired) electrons. The van der Waals surface area contributed by atoms with Gasteiger partial charge in [-0.15, -0.1) is 0 Å². The minimum atomic E-state index is -0.601. The number of hydrogen-bond acceptors (Lipinski definition) is 3. The Balaban J connectivity index is 0.000000162. The van der Waals surface area contributed by atoms with Crippen LogP contribution in [0.2, 0.25) is 0 Å². The number of H-pyrrole nitrogens is 1. The first-order chi connectivity index (χ1) is 7.20. The lowest BCUT2D eigenvalue weighted by Gasteiger charge is -1.87. The fraction of sp³-hybridized carbons (Fsp3) is 0.100. The third kappa shape index (κ3) is 4.04. The minimum absolute atomic E-state index is 0.0532. The molecule has 0 atom stereocenters. The molecule has 0 unspecified atom stereocenters. The summed E-state index contributed by atoms with van der Waals surface area (Å²) in [6.07, 6.45) is 4.84. The number of carbonyl (C=O) groups excluding carboxylic acids is 1. The largest absolute Gasteiger partial charge is 0.365 e. The van der Waals surface area contributed by atoms with Gasteiger partial charge in [0, 0.05) is 24.3 Å². The summed E-state index contributed by atoms with van der Waals surface area (Å²) in [6.45, 7) is 2.03. The molecule has 2 aromatic heterocycles. The van der Waals surface area contributed by atoms with Gasteiger partial charge in [-0.25, -0.2) is 9.97 Å². The van der Waals surface area contributed by atoms with Gasteiger partial charge in [0.05, 0.1) is 0 Å². The molecule has 3 N–H and O–H groups in total. The maximum absolute atomic E-state index is 10.3. The summed E-state index contributed by atoms with van der Waals surface area (Å²) in [7, 11) is 0. The van der Waals surface area contributed by atoms with E-state index in [0.717, 1.165) is 0 Å². The number of hydrogen-bond donors (Lipinski definition) is 2. The lowest BCUT2D eigenvalue weighted by Crippen LogP contribution is -2.14. The van der Waals surface area contributed by atoms with Crippen LogP contribution >= 0.6 is 0 Å². The van der Waals surface area contributed by atoms with Crippen LogP contribution in [0.5, 0.6) is 0 Å². The Morgan fingerprint density at radius 2 is 2.00 bits per heavy atom. The molecule has 2 heterocycles. The van der Waals surface area contributed by atoms with Gasteiger partial charge in [0.25, 0.3) is 5.91 Å². The molecule has 5 nitrogen and oxygen atoms in total. The molecule has 15 heavy (non-hydrogen) atoms. The molecule has 0 spiro atoms. The van der Waals surface area contributed by atoms with Gasteiger partial charge in [-0.2, -0.15) is 0 Å². The Labute approximate surface area is 87.4 Å². The first-order valence-electron chi connectivity index (χ1n) is 4.37. The topological polar surface area (TPSA) is 84.7 Å². The van der Waals surface area contributed by atoms with Crippen molar-refractivity contribution >= 4 is 5.91 Å². The van der Waals surface area contributed by atoms with Gasteiger partial charge in [-0.05, 0) is 25.1 Å². The first-order valence-corrected chi connectivity index (χ1v) is 4.37. The van der Waals surface area contributed by atoms with Gasteiger partial charge in [-0.1, -0.05) is 0 Å². The summed E-state index contributed by atoms with van der Waals surface area (Å²) in [6, 6.07) is 5.63. The number of aromatic nitrogens is 3. The zero-order valence-electron chi connectivity index (χ0n) is 8.34. The Morgan fingerprint density at radius 1 is 1.33 bits per heavy atom. The predicted octanol–water partition coefficient (Wildman–Crippen LogP) is 0.899. The van der Waals surface area contributed by atoms with Crippen molar-refractivity contribution in [2.45, 2.75) is 6.92 Å². The summed E-state index contributed by atoms with van der Waals surface area (Å²) in [5, 5.41) is 0. The number of carbonyl (C=O) groups is 1. The number of aryl methyl sites for hydroxylation is 1. The Bertz CT molecular complexity index is 397. The van der Waals surface area contributed by atoms with Gasteiger partial charge >= 0.3 is 0 Å². The van der Waals surface area contributed by atoms with Gasteiger partial charge < -0.3 is 10.7 Å². The maximum atomic E-state index is 10.3. The smallest absolute Gasteiger partial charge is 0.286 e. The highest BCUT2D eigenvalue weighted by molar-refractivity contribution is 5.88. The highest BCUT2D eigenvalue weighted by atomic mass is 16.1. The van der Waals surface area contributed by atoms with E-state index in [9.17, 15) is 4.79 Å². The van der Waals surface area contributed by atoms with E-state index in [1.807, 2.05) is 25.3 Å². The van der Waals surface area contributed by atoms with Crippen LogP contribution in [0, 0.1) is 6.92 Å². The highest BCUT2D eigenvalue weighted by Crippen LogP contribution is 1.86. The lowest BCUT2D eigenvalue weighted by molar-refractivity contribution is 0.0990. The average Bonchev–Trinajstić information content (AvgIpc) is 2.71. The van der Waals surface area contributed by atoms with Crippen molar-refractivity contribution in [2.24, 2.45) is 5.73 Å². The first kappa shape index (κ1) is 10.9. The quantitative estimate of drug-likeness (QED) is 0.723.